The van der Waals surface area contributed by atoms with Gasteiger partial charge >= 0.3 is 0 Å². The van der Waals surface area contributed by atoms with Crippen LogP contribution in [-0.4, -0.2) is 23.5 Å². The minimum absolute atomic E-state index is 0.0677. The largest absolute Gasteiger partial charge is 0.395 e. The number of nitrogens with two attached hydrogens (primary N) is 1. The molecule has 0 aromatic heterocycles. The van der Waals surface area contributed by atoms with Gasteiger partial charge in [-0.25, -0.2) is 0 Å². The Labute approximate surface area is 106 Å². The summed E-state index contributed by atoms with van der Waals surface area (Å²) in [7, 11) is 0. The van der Waals surface area contributed by atoms with Gasteiger partial charge in [-0.15, -0.1) is 11.8 Å². The topological polar surface area (TPSA) is 46.2 Å². The third-order valence-electron chi connectivity index (χ3n) is 2.71. The molecule has 2 aromatic carbocycles. The monoisotopic (exact) mass is 247 g/mol. The number of aliphatic hydroxyl groups excluding tert-OH is 1. The molecule has 0 aliphatic heterocycles. The molecule has 0 radical (unpaired) electrons. The highest BCUT2D eigenvalue weighted by Crippen LogP contribution is 2.24. The Morgan fingerprint density at radius 2 is 1.88 bits per heavy atom. The van der Waals surface area contributed by atoms with Crippen LogP contribution in [0.1, 0.15) is 6.42 Å². The lowest BCUT2D eigenvalue weighted by Crippen LogP contribution is -2.24. The highest BCUT2D eigenvalue weighted by molar-refractivity contribution is 7.99. The van der Waals surface area contributed by atoms with Gasteiger partial charge in [0.25, 0.3) is 0 Å². The number of benzene rings is 2. The first-order valence-corrected chi connectivity index (χ1v) is 6.76. The van der Waals surface area contributed by atoms with E-state index in [1.54, 1.807) is 11.8 Å². The number of aliphatic hydroxyl groups is 1. The van der Waals surface area contributed by atoms with Gasteiger partial charge in [-0.1, -0.05) is 30.3 Å². The molecule has 2 aromatic rings. The van der Waals surface area contributed by atoms with Crippen molar-refractivity contribution in [3.05, 3.63) is 42.5 Å². The van der Waals surface area contributed by atoms with Crippen LogP contribution in [0, 0.1) is 0 Å². The minimum Gasteiger partial charge on any atom is -0.395 e. The summed E-state index contributed by atoms with van der Waals surface area (Å²) in [5.74, 6) is 0.945. The van der Waals surface area contributed by atoms with E-state index in [1.807, 2.05) is 0 Å². The summed E-state index contributed by atoms with van der Waals surface area (Å²) in [6.45, 7) is 0.0677. The number of hydrogen-bond acceptors (Lipinski definition) is 3. The predicted octanol–water partition coefficient (Wildman–Crippen LogP) is 2.64. The van der Waals surface area contributed by atoms with Gasteiger partial charge in [0, 0.05) is 10.9 Å². The summed E-state index contributed by atoms with van der Waals surface area (Å²) in [6, 6.07) is 14.7. The summed E-state index contributed by atoms with van der Waals surface area (Å²) >= 11 is 1.79. The molecular weight excluding hydrogens is 230 g/mol. The lowest BCUT2D eigenvalue weighted by molar-refractivity contribution is 0.264. The fraction of sp³-hybridized carbons (Fsp3) is 0.286. The summed E-state index contributed by atoms with van der Waals surface area (Å²) in [6.07, 6.45) is 0.841. The van der Waals surface area contributed by atoms with E-state index in [9.17, 15) is 0 Å². The average Bonchev–Trinajstić information content (AvgIpc) is 2.38. The Morgan fingerprint density at radius 1 is 1.12 bits per heavy atom. The maximum absolute atomic E-state index is 8.84. The second-order valence-electron chi connectivity index (χ2n) is 4.09. The van der Waals surface area contributed by atoms with Crippen molar-refractivity contribution >= 4 is 22.5 Å². The summed E-state index contributed by atoms with van der Waals surface area (Å²) in [4.78, 5) is 1.26. The van der Waals surface area contributed by atoms with Crippen molar-refractivity contribution in [2.75, 3.05) is 12.4 Å². The minimum atomic E-state index is -0.0945. The number of hydrogen-bond donors (Lipinski definition) is 2. The van der Waals surface area contributed by atoms with Crippen LogP contribution in [0.25, 0.3) is 10.8 Å². The first-order chi connectivity index (χ1) is 8.29. The van der Waals surface area contributed by atoms with E-state index in [0.29, 0.717) is 0 Å². The molecule has 1 atom stereocenters. The maximum Gasteiger partial charge on any atom is 0.0582 e. The first-order valence-electron chi connectivity index (χ1n) is 5.77. The number of fused-ring (bicyclic) bond motifs is 1. The zero-order valence-corrected chi connectivity index (χ0v) is 10.5. The molecule has 0 saturated carbocycles. The molecular formula is C14H17NOS. The third-order valence-corrected chi connectivity index (χ3v) is 3.74. The Hall–Kier alpha value is -1.03. The van der Waals surface area contributed by atoms with E-state index < -0.39 is 0 Å². The number of rotatable bonds is 5. The van der Waals surface area contributed by atoms with Crippen LogP contribution in [0.3, 0.4) is 0 Å². The fourth-order valence-corrected chi connectivity index (χ4v) is 2.71. The van der Waals surface area contributed by atoms with Crippen LogP contribution in [0.5, 0.6) is 0 Å². The van der Waals surface area contributed by atoms with Gasteiger partial charge in [0.05, 0.1) is 6.61 Å². The van der Waals surface area contributed by atoms with Crippen molar-refractivity contribution in [3.8, 4) is 0 Å². The molecule has 0 aliphatic carbocycles. The zero-order chi connectivity index (χ0) is 12.1. The third kappa shape index (κ3) is 3.46. The van der Waals surface area contributed by atoms with Crippen LogP contribution in [0.15, 0.2) is 47.4 Å². The van der Waals surface area contributed by atoms with E-state index in [-0.39, 0.29) is 12.6 Å². The van der Waals surface area contributed by atoms with Crippen LogP contribution in [0.2, 0.25) is 0 Å². The van der Waals surface area contributed by atoms with Crippen molar-refractivity contribution in [3.63, 3.8) is 0 Å². The molecule has 0 amide bonds. The van der Waals surface area contributed by atoms with E-state index in [2.05, 4.69) is 42.5 Å². The van der Waals surface area contributed by atoms with Crippen molar-refractivity contribution in [2.24, 2.45) is 5.73 Å². The summed E-state index contributed by atoms with van der Waals surface area (Å²) in [5.41, 5.74) is 5.66. The van der Waals surface area contributed by atoms with Gasteiger partial charge in [-0.05, 0) is 35.1 Å². The standard InChI is InChI=1S/C14H17NOS/c15-13(10-16)7-8-17-14-6-5-11-3-1-2-4-12(11)9-14/h1-6,9,13,16H,7-8,10,15H2. The van der Waals surface area contributed by atoms with E-state index in [1.165, 1.54) is 15.7 Å². The molecule has 0 spiro atoms. The van der Waals surface area contributed by atoms with Crippen molar-refractivity contribution < 1.29 is 5.11 Å². The van der Waals surface area contributed by atoms with E-state index >= 15 is 0 Å². The molecule has 90 valence electrons. The Balaban J connectivity index is 1.99. The summed E-state index contributed by atoms with van der Waals surface area (Å²) in [5, 5.41) is 11.4. The fourth-order valence-electron chi connectivity index (χ4n) is 1.68. The number of thioether (sulfide) groups is 1. The van der Waals surface area contributed by atoms with E-state index in [0.717, 1.165) is 12.2 Å². The van der Waals surface area contributed by atoms with Crippen LogP contribution >= 0.6 is 11.8 Å². The highest BCUT2D eigenvalue weighted by Gasteiger charge is 2.01. The Morgan fingerprint density at radius 3 is 2.65 bits per heavy atom. The van der Waals surface area contributed by atoms with Crippen molar-refractivity contribution in [1.29, 1.82) is 0 Å². The average molecular weight is 247 g/mol. The Kier molecular flexibility index (Phi) is 4.42. The highest BCUT2D eigenvalue weighted by atomic mass is 32.2. The molecule has 0 heterocycles. The SMILES string of the molecule is NC(CO)CCSc1ccc2ccccc2c1. The second-order valence-corrected chi connectivity index (χ2v) is 5.26. The lowest BCUT2D eigenvalue weighted by Gasteiger charge is -2.07. The van der Waals surface area contributed by atoms with Gasteiger partial charge in [0.2, 0.25) is 0 Å². The molecule has 0 fully saturated rings. The molecule has 0 saturated heterocycles. The van der Waals surface area contributed by atoms with Gasteiger partial charge in [0.15, 0.2) is 0 Å². The maximum atomic E-state index is 8.84. The molecule has 3 heteroatoms. The lowest BCUT2D eigenvalue weighted by atomic mass is 10.1. The Bertz CT molecular complexity index is 486. The van der Waals surface area contributed by atoms with Gasteiger partial charge in [-0.2, -0.15) is 0 Å². The van der Waals surface area contributed by atoms with Crippen molar-refractivity contribution in [1.82, 2.24) is 0 Å². The molecule has 1 unspecified atom stereocenters. The van der Waals surface area contributed by atoms with Crippen LogP contribution in [-0.2, 0) is 0 Å². The molecule has 3 N–H and O–H groups in total. The van der Waals surface area contributed by atoms with Crippen LogP contribution in [0.4, 0.5) is 0 Å². The molecule has 2 nitrogen and oxygen atoms in total. The predicted molar refractivity (Wildman–Crippen MR) is 74.4 cm³/mol. The van der Waals surface area contributed by atoms with Gasteiger partial charge < -0.3 is 10.8 Å². The second kappa shape index (κ2) is 6.05. The smallest absolute Gasteiger partial charge is 0.0582 e. The van der Waals surface area contributed by atoms with Gasteiger partial charge in [0.1, 0.15) is 0 Å². The van der Waals surface area contributed by atoms with Crippen molar-refractivity contribution in [2.45, 2.75) is 17.4 Å². The molecule has 17 heavy (non-hydrogen) atoms. The quantitative estimate of drug-likeness (QED) is 0.798. The zero-order valence-electron chi connectivity index (χ0n) is 9.67. The van der Waals surface area contributed by atoms with E-state index in [4.69, 9.17) is 10.8 Å². The summed E-state index contributed by atoms with van der Waals surface area (Å²) < 4.78 is 0. The molecule has 2 rings (SSSR count). The molecule has 0 aliphatic rings. The molecule has 0 bridgehead atoms. The normalized spacial score (nSPS) is 12.8. The first kappa shape index (κ1) is 12.4. The van der Waals surface area contributed by atoms with Gasteiger partial charge in [-0.3, -0.25) is 0 Å². The van der Waals surface area contributed by atoms with Crippen LogP contribution < -0.4 is 5.73 Å².